The first-order valence-electron chi connectivity index (χ1n) is 7.44. The van der Waals surface area contributed by atoms with E-state index in [-0.39, 0.29) is 11.7 Å². The molecule has 0 atom stereocenters. The first kappa shape index (κ1) is 16.6. The topological polar surface area (TPSA) is 29.1 Å². The molecule has 116 valence electrons. The zero-order chi connectivity index (χ0) is 15.8. The lowest BCUT2D eigenvalue weighted by Crippen LogP contribution is -2.24. The maximum Gasteiger partial charge on any atom is 0.251 e. The van der Waals surface area contributed by atoms with Gasteiger partial charge in [0.25, 0.3) is 5.91 Å². The van der Waals surface area contributed by atoms with Crippen LogP contribution in [0.25, 0.3) is 0 Å². The predicted octanol–water partition coefficient (Wildman–Crippen LogP) is 4.30. The van der Waals surface area contributed by atoms with Crippen LogP contribution in [0.2, 0.25) is 0 Å². The number of hydrogen-bond donors (Lipinski definition) is 1. The summed E-state index contributed by atoms with van der Waals surface area (Å²) in [7, 11) is 0. The molecule has 1 amide bonds. The molecule has 0 spiro atoms. The molecular formula is C18H20FNOS. The fraction of sp³-hybridized carbons (Fsp3) is 0.278. The van der Waals surface area contributed by atoms with Gasteiger partial charge in [0.1, 0.15) is 5.82 Å². The minimum atomic E-state index is -0.217. The molecule has 0 aromatic heterocycles. The second-order valence-electron chi connectivity index (χ2n) is 4.96. The highest BCUT2D eigenvalue weighted by molar-refractivity contribution is 7.99. The molecule has 2 rings (SSSR count). The van der Waals surface area contributed by atoms with E-state index in [4.69, 9.17) is 0 Å². The predicted molar refractivity (Wildman–Crippen MR) is 89.9 cm³/mol. The summed E-state index contributed by atoms with van der Waals surface area (Å²) in [5, 5.41) is 2.92. The smallest absolute Gasteiger partial charge is 0.251 e. The SMILES string of the molecule is CCc1ccc(C(=O)NCCCSc2ccc(F)cc2)cc1. The van der Waals surface area contributed by atoms with Gasteiger partial charge >= 0.3 is 0 Å². The van der Waals surface area contributed by atoms with Crippen molar-refractivity contribution in [3.63, 3.8) is 0 Å². The Morgan fingerprint density at radius 2 is 1.77 bits per heavy atom. The van der Waals surface area contributed by atoms with Crippen LogP contribution in [0.4, 0.5) is 4.39 Å². The fourth-order valence-corrected chi connectivity index (χ4v) is 2.84. The van der Waals surface area contributed by atoms with Gasteiger partial charge in [0, 0.05) is 17.0 Å². The number of rotatable bonds is 7. The molecule has 2 aromatic rings. The Bertz CT molecular complexity index is 595. The Morgan fingerprint density at radius 3 is 2.41 bits per heavy atom. The van der Waals surface area contributed by atoms with E-state index in [0.717, 1.165) is 23.5 Å². The van der Waals surface area contributed by atoms with Gasteiger partial charge < -0.3 is 5.32 Å². The maximum atomic E-state index is 12.8. The van der Waals surface area contributed by atoms with Crippen molar-refractivity contribution in [2.24, 2.45) is 0 Å². The van der Waals surface area contributed by atoms with Crippen LogP contribution >= 0.6 is 11.8 Å². The number of nitrogens with one attached hydrogen (secondary N) is 1. The van der Waals surface area contributed by atoms with E-state index in [1.807, 2.05) is 24.3 Å². The molecule has 0 saturated heterocycles. The monoisotopic (exact) mass is 317 g/mol. The van der Waals surface area contributed by atoms with Gasteiger partial charge in [-0.25, -0.2) is 4.39 Å². The molecule has 0 aliphatic rings. The quantitative estimate of drug-likeness (QED) is 0.609. The molecule has 0 unspecified atom stereocenters. The summed E-state index contributed by atoms with van der Waals surface area (Å²) in [5.41, 5.74) is 1.93. The summed E-state index contributed by atoms with van der Waals surface area (Å²) in [6.07, 6.45) is 1.85. The third-order valence-electron chi connectivity index (χ3n) is 3.31. The van der Waals surface area contributed by atoms with Crippen LogP contribution in [0, 0.1) is 5.82 Å². The Labute approximate surface area is 135 Å². The first-order chi connectivity index (χ1) is 10.7. The second-order valence-corrected chi connectivity index (χ2v) is 6.13. The number of halogens is 1. The number of thioether (sulfide) groups is 1. The van der Waals surface area contributed by atoms with Gasteiger partial charge in [-0.2, -0.15) is 0 Å². The molecule has 0 radical (unpaired) electrons. The summed E-state index contributed by atoms with van der Waals surface area (Å²) in [5.74, 6) is 0.640. The van der Waals surface area contributed by atoms with E-state index >= 15 is 0 Å². The number of carbonyl (C=O) groups is 1. The van der Waals surface area contributed by atoms with E-state index in [0.29, 0.717) is 12.1 Å². The van der Waals surface area contributed by atoms with E-state index in [2.05, 4.69) is 12.2 Å². The Kier molecular flexibility index (Phi) is 6.46. The van der Waals surface area contributed by atoms with E-state index in [9.17, 15) is 9.18 Å². The van der Waals surface area contributed by atoms with Gasteiger partial charge in [-0.1, -0.05) is 19.1 Å². The van der Waals surface area contributed by atoms with Gasteiger partial charge in [-0.15, -0.1) is 11.8 Å². The van der Waals surface area contributed by atoms with E-state index in [1.165, 1.54) is 17.7 Å². The van der Waals surface area contributed by atoms with Crippen molar-refractivity contribution < 1.29 is 9.18 Å². The Morgan fingerprint density at radius 1 is 1.09 bits per heavy atom. The van der Waals surface area contributed by atoms with Crippen LogP contribution in [0.5, 0.6) is 0 Å². The lowest BCUT2D eigenvalue weighted by molar-refractivity contribution is 0.0954. The van der Waals surface area contributed by atoms with Crippen LogP contribution < -0.4 is 5.32 Å². The van der Waals surface area contributed by atoms with Crippen LogP contribution in [0.15, 0.2) is 53.4 Å². The minimum Gasteiger partial charge on any atom is -0.352 e. The molecule has 0 saturated carbocycles. The number of carbonyl (C=O) groups excluding carboxylic acids is 1. The van der Waals surface area contributed by atoms with Crippen molar-refractivity contribution >= 4 is 17.7 Å². The van der Waals surface area contributed by atoms with Crippen LogP contribution in [0.1, 0.15) is 29.3 Å². The average molecular weight is 317 g/mol. The van der Waals surface area contributed by atoms with Gasteiger partial charge in [0.15, 0.2) is 0 Å². The zero-order valence-corrected chi connectivity index (χ0v) is 13.5. The van der Waals surface area contributed by atoms with E-state index in [1.54, 1.807) is 23.9 Å². The maximum absolute atomic E-state index is 12.8. The summed E-state index contributed by atoms with van der Waals surface area (Å²) in [6.45, 7) is 2.73. The van der Waals surface area contributed by atoms with Gasteiger partial charge in [-0.05, 0) is 60.6 Å². The van der Waals surface area contributed by atoms with Crippen molar-refractivity contribution in [2.45, 2.75) is 24.7 Å². The standard InChI is InChI=1S/C18H20FNOS/c1-2-14-4-6-15(7-5-14)18(21)20-12-3-13-22-17-10-8-16(19)9-11-17/h4-11H,2-3,12-13H2,1H3,(H,20,21). The summed E-state index contributed by atoms with van der Waals surface area (Å²) in [6, 6.07) is 14.2. The number of hydrogen-bond acceptors (Lipinski definition) is 2. The van der Waals surface area contributed by atoms with Gasteiger partial charge in [-0.3, -0.25) is 4.79 Å². The van der Waals surface area contributed by atoms with Crippen molar-refractivity contribution in [1.82, 2.24) is 5.32 Å². The zero-order valence-electron chi connectivity index (χ0n) is 12.6. The molecule has 2 nitrogen and oxygen atoms in total. The minimum absolute atomic E-state index is 0.0329. The summed E-state index contributed by atoms with van der Waals surface area (Å²) >= 11 is 1.66. The molecule has 0 bridgehead atoms. The van der Waals surface area contributed by atoms with Crippen LogP contribution in [-0.2, 0) is 6.42 Å². The molecule has 0 heterocycles. The van der Waals surface area contributed by atoms with Crippen molar-refractivity contribution in [2.75, 3.05) is 12.3 Å². The van der Waals surface area contributed by atoms with Crippen LogP contribution in [0.3, 0.4) is 0 Å². The second kappa shape index (κ2) is 8.59. The summed E-state index contributed by atoms with van der Waals surface area (Å²) in [4.78, 5) is 13.0. The molecule has 0 fully saturated rings. The largest absolute Gasteiger partial charge is 0.352 e. The molecule has 2 aromatic carbocycles. The highest BCUT2D eigenvalue weighted by atomic mass is 32.2. The molecule has 0 aliphatic heterocycles. The van der Waals surface area contributed by atoms with Crippen molar-refractivity contribution in [3.05, 3.63) is 65.5 Å². The Balaban J connectivity index is 1.67. The van der Waals surface area contributed by atoms with Gasteiger partial charge in [0.2, 0.25) is 0 Å². The number of benzene rings is 2. The molecule has 0 aliphatic carbocycles. The molecular weight excluding hydrogens is 297 g/mol. The van der Waals surface area contributed by atoms with Crippen molar-refractivity contribution in [3.8, 4) is 0 Å². The number of amides is 1. The third kappa shape index (κ3) is 5.19. The fourth-order valence-electron chi connectivity index (χ4n) is 1.99. The molecule has 4 heteroatoms. The Hall–Kier alpha value is -1.81. The van der Waals surface area contributed by atoms with E-state index < -0.39 is 0 Å². The normalized spacial score (nSPS) is 10.5. The first-order valence-corrected chi connectivity index (χ1v) is 8.43. The lowest BCUT2D eigenvalue weighted by Gasteiger charge is -2.06. The highest BCUT2D eigenvalue weighted by Gasteiger charge is 2.04. The lowest BCUT2D eigenvalue weighted by atomic mass is 10.1. The number of aryl methyl sites for hydroxylation is 1. The van der Waals surface area contributed by atoms with Gasteiger partial charge in [0.05, 0.1) is 0 Å². The average Bonchev–Trinajstić information content (AvgIpc) is 2.56. The van der Waals surface area contributed by atoms with Crippen LogP contribution in [-0.4, -0.2) is 18.2 Å². The third-order valence-corrected chi connectivity index (χ3v) is 4.41. The molecule has 22 heavy (non-hydrogen) atoms. The summed E-state index contributed by atoms with van der Waals surface area (Å²) < 4.78 is 12.8. The highest BCUT2D eigenvalue weighted by Crippen LogP contribution is 2.18. The van der Waals surface area contributed by atoms with Crippen molar-refractivity contribution in [1.29, 1.82) is 0 Å². The molecule has 1 N–H and O–H groups in total.